The van der Waals surface area contributed by atoms with E-state index in [9.17, 15) is 8.42 Å². The molecule has 1 unspecified atom stereocenters. The predicted octanol–water partition coefficient (Wildman–Crippen LogP) is 2.39. The molecule has 0 bridgehead atoms. The third-order valence-corrected chi connectivity index (χ3v) is 6.48. The minimum atomic E-state index is -3.55. The molecular weight excluding hydrogens is 324 g/mol. The normalized spacial score (nSPS) is 13.4. The summed E-state index contributed by atoms with van der Waals surface area (Å²) in [6, 6.07) is 4.98. The second kappa shape index (κ2) is 7.58. The van der Waals surface area contributed by atoms with Crippen molar-refractivity contribution < 1.29 is 8.42 Å². The summed E-state index contributed by atoms with van der Waals surface area (Å²) in [4.78, 5) is 0.468. The zero-order chi connectivity index (χ0) is 16.2. The van der Waals surface area contributed by atoms with Crippen molar-refractivity contribution in [3.63, 3.8) is 0 Å². The molecule has 1 aromatic carbocycles. The van der Waals surface area contributed by atoms with Gasteiger partial charge in [0.15, 0.2) is 0 Å². The van der Waals surface area contributed by atoms with Crippen molar-refractivity contribution in [2.45, 2.75) is 31.2 Å². The molecule has 0 aliphatic rings. The molecule has 0 saturated carbocycles. The lowest BCUT2D eigenvalue weighted by molar-refractivity contribution is 0.382. The predicted molar refractivity (Wildman–Crippen MR) is 94.5 cm³/mol. The third kappa shape index (κ3) is 4.42. The Hall–Kier alpha value is -0.630. The van der Waals surface area contributed by atoms with Gasteiger partial charge in [-0.05, 0) is 43.9 Å². The van der Waals surface area contributed by atoms with Crippen LogP contribution in [0.2, 0.25) is 0 Å². The zero-order valence-electron chi connectivity index (χ0n) is 12.8. The molecule has 0 heterocycles. The maximum absolute atomic E-state index is 12.8. The summed E-state index contributed by atoms with van der Waals surface area (Å²) in [5, 5.41) is 0. The van der Waals surface area contributed by atoms with Crippen LogP contribution in [-0.2, 0) is 10.0 Å². The fraction of sp³-hybridized carbons (Fsp3) is 0.500. The lowest BCUT2D eigenvalue weighted by atomic mass is 10.1. The Morgan fingerprint density at radius 2 is 2.10 bits per heavy atom. The fourth-order valence-electron chi connectivity index (χ4n) is 1.89. The molecular formula is C14H22N2O2S3. The van der Waals surface area contributed by atoms with Gasteiger partial charge in [-0.2, -0.15) is 16.1 Å². The van der Waals surface area contributed by atoms with Crippen LogP contribution in [0.3, 0.4) is 0 Å². The highest BCUT2D eigenvalue weighted by Gasteiger charge is 2.27. The zero-order valence-corrected chi connectivity index (χ0v) is 15.2. The van der Waals surface area contributed by atoms with Gasteiger partial charge < -0.3 is 5.73 Å². The fourth-order valence-corrected chi connectivity index (χ4v) is 4.24. The number of benzene rings is 1. The topological polar surface area (TPSA) is 63.4 Å². The van der Waals surface area contributed by atoms with Crippen LogP contribution in [-0.4, -0.2) is 42.8 Å². The summed E-state index contributed by atoms with van der Waals surface area (Å²) in [6.45, 7) is 3.69. The third-order valence-electron chi connectivity index (χ3n) is 3.49. The van der Waals surface area contributed by atoms with Gasteiger partial charge in [-0.1, -0.05) is 24.4 Å². The summed E-state index contributed by atoms with van der Waals surface area (Å²) in [7, 11) is -1.93. The lowest BCUT2D eigenvalue weighted by Gasteiger charge is -2.25. The molecule has 21 heavy (non-hydrogen) atoms. The molecule has 0 radical (unpaired) electrons. The standard InChI is InChI=1S/C14H22N2O2S3/c1-10-5-6-12(14(15)19)9-13(10)21(17,18)16(3)11(2)7-8-20-4/h5-6,9,11H,7-8H2,1-4H3,(H2,15,19). The first-order valence-corrected chi connectivity index (χ1v) is 9.83. The largest absolute Gasteiger partial charge is 0.389 e. The van der Waals surface area contributed by atoms with Crippen molar-refractivity contribution in [3.8, 4) is 0 Å². The first kappa shape index (κ1) is 18.4. The van der Waals surface area contributed by atoms with Gasteiger partial charge in [-0.15, -0.1) is 0 Å². The first-order chi connectivity index (χ1) is 9.71. The van der Waals surface area contributed by atoms with Gasteiger partial charge in [0, 0.05) is 18.7 Å². The van der Waals surface area contributed by atoms with E-state index in [-0.39, 0.29) is 15.9 Å². The van der Waals surface area contributed by atoms with E-state index in [2.05, 4.69) is 0 Å². The molecule has 2 N–H and O–H groups in total. The number of hydrogen-bond acceptors (Lipinski definition) is 4. The number of nitrogens with two attached hydrogens (primary N) is 1. The van der Waals surface area contributed by atoms with E-state index in [0.717, 1.165) is 12.2 Å². The van der Waals surface area contributed by atoms with Crippen molar-refractivity contribution in [3.05, 3.63) is 29.3 Å². The van der Waals surface area contributed by atoms with Gasteiger partial charge in [0.1, 0.15) is 4.99 Å². The molecule has 0 aromatic heterocycles. The average Bonchev–Trinajstić information content (AvgIpc) is 2.43. The van der Waals surface area contributed by atoms with E-state index in [1.54, 1.807) is 43.9 Å². The Bertz CT molecular complexity index is 615. The summed E-state index contributed by atoms with van der Waals surface area (Å²) in [5.41, 5.74) is 6.86. The number of aryl methyl sites for hydroxylation is 1. The second-order valence-corrected chi connectivity index (χ2v) is 8.39. The maximum Gasteiger partial charge on any atom is 0.243 e. The molecule has 0 fully saturated rings. The summed E-state index contributed by atoms with van der Waals surface area (Å²) in [6.07, 6.45) is 2.82. The molecule has 0 aliphatic carbocycles. The smallest absolute Gasteiger partial charge is 0.243 e. The highest BCUT2D eigenvalue weighted by Crippen LogP contribution is 2.23. The quantitative estimate of drug-likeness (QED) is 0.768. The summed E-state index contributed by atoms with van der Waals surface area (Å²) >= 11 is 6.64. The van der Waals surface area contributed by atoms with Crippen molar-refractivity contribution in [1.29, 1.82) is 0 Å². The Morgan fingerprint density at radius 1 is 1.48 bits per heavy atom. The summed E-state index contributed by atoms with van der Waals surface area (Å²) in [5.74, 6) is 0.924. The van der Waals surface area contributed by atoms with Crippen LogP contribution in [0.25, 0.3) is 0 Å². The van der Waals surface area contributed by atoms with Crippen LogP contribution in [0.4, 0.5) is 0 Å². The number of hydrogen-bond donors (Lipinski definition) is 1. The molecule has 0 amide bonds. The Balaban J connectivity index is 3.18. The van der Waals surface area contributed by atoms with Gasteiger partial charge in [0.05, 0.1) is 4.90 Å². The Morgan fingerprint density at radius 3 is 2.62 bits per heavy atom. The van der Waals surface area contributed by atoms with Crippen LogP contribution < -0.4 is 5.73 Å². The number of nitrogens with zero attached hydrogens (tertiary/aromatic N) is 1. The average molecular weight is 347 g/mol. The van der Waals surface area contributed by atoms with E-state index >= 15 is 0 Å². The Labute approximate surface area is 137 Å². The van der Waals surface area contributed by atoms with Crippen LogP contribution in [0.5, 0.6) is 0 Å². The van der Waals surface area contributed by atoms with E-state index < -0.39 is 10.0 Å². The SMILES string of the molecule is CSCCC(C)N(C)S(=O)(=O)c1cc(C(N)=S)ccc1C. The van der Waals surface area contributed by atoms with Crippen LogP contribution in [0, 0.1) is 6.92 Å². The van der Waals surface area contributed by atoms with Crippen molar-refractivity contribution >= 4 is 39.0 Å². The highest BCUT2D eigenvalue weighted by atomic mass is 32.2. The minimum Gasteiger partial charge on any atom is -0.389 e. The molecule has 4 nitrogen and oxygen atoms in total. The molecule has 1 atom stereocenters. The molecule has 0 aliphatic heterocycles. The molecule has 118 valence electrons. The number of thiocarbonyl (C=S) groups is 1. The van der Waals surface area contributed by atoms with Crippen molar-refractivity contribution in [1.82, 2.24) is 4.31 Å². The lowest BCUT2D eigenvalue weighted by Crippen LogP contribution is -2.36. The Kier molecular flexibility index (Phi) is 6.65. The van der Waals surface area contributed by atoms with Gasteiger partial charge in [0.25, 0.3) is 0 Å². The van der Waals surface area contributed by atoms with E-state index in [4.69, 9.17) is 18.0 Å². The highest BCUT2D eigenvalue weighted by molar-refractivity contribution is 7.98. The van der Waals surface area contributed by atoms with Crippen LogP contribution in [0.15, 0.2) is 23.1 Å². The number of rotatable bonds is 7. The first-order valence-electron chi connectivity index (χ1n) is 6.59. The van der Waals surface area contributed by atoms with E-state index in [1.807, 2.05) is 13.2 Å². The van der Waals surface area contributed by atoms with Gasteiger partial charge in [0.2, 0.25) is 10.0 Å². The number of sulfonamides is 1. The van der Waals surface area contributed by atoms with Gasteiger partial charge in [-0.25, -0.2) is 8.42 Å². The van der Waals surface area contributed by atoms with Gasteiger partial charge >= 0.3 is 0 Å². The number of thioether (sulfide) groups is 1. The molecule has 1 aromatic rings. The van der Waals surface area contributed by atoms with Crippen LogP contribution >= 0.6 is 24.0 Å². The van der Waals surface area contributed by atoms with E-state index in [0.29, 0.717) is 11.1 Å². The molecule has 0 spiro atoms. The second-order valence-electron chi connectivity index (χ2n) is 5.00. The summed E-state index contributed by atoms with van der Waals surface area (Å²) < 4.78 is 27.0. The van der Waals surface area contributed by atoms with Crippen molar-refractivity contribution in [2.75, 3.05) is 19.1 Å². The minimum absolute atomic E-state index is 0.0599. The monoisotopic (exact) mass is 346 g/mol. The molecule has 1 rings (SSSR count). The van der Waals surface area contributed by atoms with Crippen LogP contribution in [0.1, 0.15) is 24.5 Å². The van der Waals surface area contributed by atoms with Gasteiger partial charge in [-0.3, -0.25) is 0 Å². The van der Waals surface area contributed by atoms with Crippen molar-refractivity contribution in [2.24, 2.45) is 5.73 Å². The maximum atomic E-state index is 12.8. The molecule has 7 heteroatoms. The van der Waals surface area contributed by atoms with E-state index in [1.165, 1.54) is 4.31 Å². The molecule has 0 saturated heterocycles.